The first-order valence-electron chi connectivity index (χ1n) is 8.71. The normalized spacial score (nSPS) is 10.7. The minimum atomic E-state index is -0.623. The Morgan fingerprint density at radius 1 is 1.14 bits per heavy atom. The van der Waals surface area contributed by atoms with Crippen molar-refractivity contribution < 1.29 is 13.9 Å². The minimum Gasteiger partial charge on any atom is -0.380 e. The second-order valence-corrected chi connectivity index (χ2v) is 6.25. The average molecular weight is 381 g/mol. The summed E-state index contributed by atoms with van der Waals surface area (Å²) in [7, 11) is 1.59. The van der Waals surface area contributed by atoms with Gasteiger partial charge in [0.25, 0.3) is 5.91 Å². The first-order valence-corrected chi connectivity index (χ1v) is 8.71. The second-order valence-electron chi connectivity index (χ2n) is 6.25. The van der Waals surface area contributed by atoms with Gasteiger partial charge in [-0.2, -0.15) is 5.10 Å². The number of ether oxygens (including phenoxy) is 1. The summed E-state index contributed by atoms with van der Waals surface area (Å²) in [5.41, 5.74) is 1.59. The van der Waals surface area contributed by atoms with Crippen molar-refractivity contribution in [3.8, 4) is 5.69 Å². The van der Waals surface area contributed by atoms with Crippen molar-refractivity contribution in [2.75, 3.05) is 7.11 Å². The van der Waals surface area contributed by atoms with Gasteiger partial charge in [0.1, 0.15) is 11.5 Å². The van der Waals surface area contributed by atoms with Gasteiger partial charge in [0, 0.05) is 25.4 Å². The molecule has 0 atom stereocenters. The van der Waals surface area contributed by atoms with E-state index in [4.69, 9.17) is 4.74 Å². The summed E-state index contributed by atoms with van der Waals surface area (Å²) in [6.45, 7) is 2.26. The molecule has 144 valence electrons. The second kappa shape index (κ2) is 8.58. The lowest BCUT2D eigenvalue weighted by atomic mass is 10.1. The van der Waals surface area contributed by atoms with Crippen LogP contribution in [-0.2, 0) is 17.9 Å². The highest BCUT2D eigenvalue weighted by Crippen LogP contribution is 2.13. The van der Waals surface area contributed by atoms with Crippen molar-refractivity contribution in [3.05, 3.63) is 93.2 Å². The van der Waals surface area contributed by atoms with E-state index in [2.05, 4.69) is 10.4 Å². The minimum absolute atomic E-state index is 0.166. The first-order chi connectivity index (χ1) is 13.5. The molecule has 7 heteroatoms. The van der Waals surface area contributed by atoms with Crippen LogP contribution >= 0.6 is 0 Å². The van der Waals surface area contributed by atoms with Crippen LogP contribution < -0.4 is 10.7 Å². The van der Waals surface area contributed by atoms with Crippen LogP contribution in [0.4, 0.5) is 4.39 Å². The Morgan fingerprint density at radius 3 is 2.54 bits per heavy atom. The number of para-hydroxylation sites is 1. The van der Waals surface area contributed by atoms with Gasteiger partial charge in [0.2, 0.25) is 5.43 Å². The fourth-order valence-electron chi connectivity index (χ4n) is 2.86. The van der Waals surface area contributed by atoms with Crippen LogP contribution in [0.15, 0.2) is 59.4 Å². The number of rotatable bonds is 6. The number of aryl methyl sites for hydroxylation is 1. The molecular formula is C21H20FN3O3. The lowest BCUT2D eigenvalue weighted by Gasteiger charge is -2.13. The van der Waals surface area contributed by atoms with E-state index < -0.39 is 17.2 Å². The first kappa shape index (κ1) is 19.4. The zero-order valence-electron chi connectivity index (χ0n) is 15.6. The molecule has 0 aliphatic carbocycles. The van der Waals surface area contributed by atoms with Crippen LogP contribution in [0.3, 0.4) is 0 Å². The SMILES string of the molecule is COCc1ccccc1CNC(=O)c1nn(-c2ccccc2F)c(C)cc1=O. The Morgan fingerprint density at radius 2 is 1.82 bits per heavy atom. The molecule has 6 nitrogen and oxygen atoms in total. The fraction of sp³-hybridized carbons (Fsp3) is 0.190. The number of methoxy groups -OCH3 is 1. The Hall–Kier alpha value is -3.32. The summed E-state index contributed by atoms with van der Waals surface area (Å²) in [6.07, 6.45) is 0. The largest absolute Gasteiger partial charge is 0.380 e. The molecule has 3 aromatic rings. The number of carbonyl (C=O) groups excluding carboxylic acids is 1. The monoisotopic (exact) mass is 381 g/mol. The fourth-order valence-corrected chi connectivity index (χ4v) is 2.86. The topological polar surface area (TPSA) is 73.2 Å². The maximum Gasteiger partial charge on any atom is 0.276 e. The van der Waals surface area contributed by atoms with Gasteiger partial charge in [-0.1, -0.05) is 36.4 Å². The van der Waals surface area contributed by atoms with Crippen molar-refractivity contribution in [1.29, 1.82) is 0 Å². The highest BCUT2D eigenvalue weighted by Gasteiger charge is 2.17. The Labute approximate surface area is 161 Å². The lowest BCUT2D eigenvalue weighted by molar-refractivity contribution is 0.0942. The molecule has 0 saturated heterocycles. The van der Waals surface area contributed by atoms with Gasteiger partial charge >= 0.3 is 0 Å². The predicted molar refractivity (Wildman–Crippen MR) is 103 cm³/mol. The average Bonchev–Trinajstić information content (AvgIpc) is 2.68. The molecule has 0 aliphatic rings. The molecule has 1 aromatic heterocycles. The summed E-state index contributed by atoms with van der Waals surface area (Å²) in [6, 6.07) is 14.8. The molecule has 1 N–H and O–H groups in total. The molecule has 0 unspecified atom stereocenters. The number of hydrogen-bond acceptors (Lipinski definition) is 4. The van der Waals surface area contributed by atoms with Gasteiger partial charge in [-0.3, -0.25) is 9.59 Å². The highest BCUT2D eigenvalue weighted by atomic mass is 19.1. The van der Waals surface area contributed by atoms with Crippen molar-refractivity contribution in [1.82, 2.24) is 15.1 Å². The zero-order chi connectivity index (χ0) is 20.1. The van der Waals surface area contributed by atoms with Gasteiger partial charge in [-0.15, -0.1) is 0 Å². The van der Waals surface area contributed by atoms with E-state index in [1.54, 1.807) is 26.2 Å². The summed E-state index contributed by atoms with van der Waals surface area (Å²) < 4.78 is 20.5. The number of aromatic nitrogens is 2. The molecular weight excluding hydrogens is 361 g/mol. The number of nitrogens with one attached hydrogen (secondary N) is 1. The number of nitrogens with zero attached hydrogens (tertiary/aromatic N) is 2. The van der Waals surface area contributed by atoms with Crippen LogP contribution in [0.1, 0.15) is 27.3 Å². The maximum atomic E-state index is 14.1. The third-order valence-electron chi connectivity index (χ3n) is 4.26. The molecule has 3 rings (SSSR count). The van der Waals surface area contributed by atoms with E-state index in [-0.39, 0.29) is 17.9 Å². The summed E-state index contributed by atoms with van der Waals surface area (Å²) >= 11 is 0. The number of halogens is 1. The lowest BCUT2D eigenvalue weighted by Crippen LogP contribution is -2.32. The van der Waals surface area contributed by atoms with Crippen molar-refractivity contribution in [3.63, 3.8) is 0 Å². The van der Waals surface area contributed by atoms with Crippen molar-refractivity contribution >= 4 is 5.91 Å². The van der Waals surface area contributed by atoms with Crippen LogP contribution in [0, 0.1) is 12.7 Å². The molecule has 0 aliphatic heterocycles. The molecule has 28 heavy (non-hydrogen) atoms. The molecule has 2 aromatic carbocycles. The molecule has 0 radical (unpaired) electrons. The van der Waals surface area contributed by atoms with E-state index in [0.29, 0.717) is 12.3 Å². The van der Waals surface area contributed by atoms with Gasteiger partial charge in [-0.25, -0.2) is 9.07 Å². The Kier molecular flexibility index (Phi) is 5.96. The van der Waals surface area contributed by atoms with E-state index in [1.807, 2.05) is 24.3 Å². The predicted octanol–water partition coefficient (Wildman–Crippen LogP) is 2.76. The maximum absolute atomic E-state index is 14.1. The van der Waals surface area contributed by atoms with Crippen LogP contribution in [-0.4, -0.2) is 22.8 Å². The van der Waals surface area contributed by atoms with Gasteiger partial charge in [-0.05, 0) is 30.2 Å². The summed E-state index contributed by atoms with van der Waals surface area (Å²) in [5.74, 6) is -1.12. The van der Waals surface area contributed by atoms with Crippen molar-refractivity contribution in [2.45, 2.75) is 20.1 Å². The zero-order valence-corrected chi connectivity index (χ0v) is 15.6. The number of hydrogen-bond donors (Lipinski definition) is 1. The third kappa shape index (κ3) is 4.15. The standard InChI is InChI=1S/C21H20FN3O3/c1-14-11-19(26)20(24-25(14)18-10-6-5-9-17(18)22)21(27)23-12-15-7-3-4-8-16(15)13-28-2/h3-11H,12-13H2,1-2H3,(H,23,27). The van der Waals surface area contributed by atoms with E-state index in [1.165, 1.54) is 22.9 Å². The molecule has 0 spiro atoms. The van der Waals surface area contributed by atoms with Gasteiger partial charge in [0.05, 0.1) is 6.61 Å². The quantitative estimate of drug-likeness (QED) is 0.713. The van der Waals surface area contributed by atoms with Crippen LogP contribution in [0.25, 0.3) is 5.69 Å². The van der Waals surface area contributed by atoms with Gasteiger partial charge < -0.3 is 10.1 Å². The Balaban J connectivity index is 1.88. The van der Waals surface area contributed by atoms with Crippen molar-refractivity contribution in [2.24, 2.45) is 0 Å². The molecule has 0 bridgehead atoms. The third-order valence-corrected chi connectivity index (χ3v) is 4.26. The number of benzene rings is 2. The number of amides is 1. The van der Waals surface area contributed by atoms with E-state index >= 15 is 0 Å². The van der Waals surface area contributed by atoms with E-state index in [9.17, 15) is 14.0 Å². The van der Waals surface area contributed by atoms with Crippen LogP contribution in [0.5, 0.6) is 0 Å². The highest BCUT2D eigenvalue weighted by molar-refractivity contribution is 5.92. The smallest absolute Gasteiger partial charge is 0.276 e. The Bertz CT molecular complexity index is 1060. The molecule has 0 saturated carbocycles. The summed E-state index contributed by atoms with van der Waals surface area (Å²) in [5, 5.41) is 6.80. The number of carbonyl (C=O) groups is 1. The van der Waals surface area contributed by atoms with Crippen LogP contribution in [0.2, 0.25) is 0 Å². The van der Waals surface area contributed by atoms with E-state index in [0.717, 1.165) is 11.1 Å². The van der Waals surface area contributed by atoms with Gasteiger partial charge in [0.15, 0.2) is 5.69 Å². The molecule has 1 heterocycles. The molecule has 0 fully saturated rings. The summed E-state index contributed by atoms with van der Waals surface area (Å²) in [4.78, 5) is 24.9. The molecule has 1 amide bonds.